The van der Waals surface area contributed by atoms with Gasteiger partial charge < -0.3 is 5.11 Å². The number of alkyl halides is 2. The number of aliphatic hydroxyl groups is 1. The van der Waals surface area contributed by atoms with Gasteiger partial charge in [-0.15, -0.1) is 11.3 Å². The Labute approximate surface area is 95.3 Å². The molecule has 0 aromatic carbocycles. The van der Waals surface area contributed by atoms with Gasteiger partial charge in [-0.05, 0) is 0 Å². The third-order valence-electron chi connectivity index (χ3n) is 1.72. The summed E-state index contributed by atoms with van der Waals surface area (Å²) in [5.74, 6) is 0. The van der Waals surface area contributed by atoms with Crippen molar-refractivity contribution in [2.45, 2.75) is 13.0 Å². The molecule has 0 spiro atoms. The van der Waals surface area contributed by atoms with Gasteiger partial charge in [-0.2, -0.15) is 0 Å². The monoisotopic (exact) mass is 256 g/mol. The van der Waals surface area contributed by atoms with Crippen molar-refractivity contribution in [2.75, 3.05) is 19.7 Å². The molecule has 1 heterocycles. The molecule has 1 aromatic heterocycles. The molecular weight excluding hydrogens is 246 g/mol. The largest absolute Gasteiger partial charge is 0.395 e. The van der Waals surface area contributed by atoms with Gasteiger partial charge in [0.25, 0.3) is 6.43 Å². The van der Waals surface area contributed by atoms with Gasteiger partial charge in [0.1, 0.15) is 0 Å². The molecule has 0 atom stereocenters. The first kappa shape index (κ1) is 12.8. The van der Waals surface area contributed by atoms with Crippen molar-refractivity contribution >= 4 is 22.9 Å². The van der Waals surface area contributed by atoms with Crippen molar-refractivity contribution < 1.29 is 13.9 Å². The summed E-state index contributed by atoms with van der Waals surface area (Å²) < 4.78 is 24.7. The number of rotatable bonds is 6. The van der Waals surface area contributed by atoms with Crippen molar-refractivity contribution in [3.8, 4) is 0 Å². The van der Waals surface area contributed by atoms with Gasteiger partial charge in [0.15, 0.2) is 4.47 Å². The fourth-order valence-corrected chi connectivity index (χ4v) is 2.17. The van der Waals surface area contributed by atoms with Crippen LogP contribution in [0, 0.1) is 0 Å². The van der Waals surface area contributed by atoms with Crippen molar-refractivity contribution in [2.24, 2.45) is 0 Å². The molecule has 0 radical (unpaired) electrons. The Bertz CT molecular complexity index is 298. The molecule has 0 saturated heterocycles. The standard InChI is InChI=1S/C8H11ClF2N2OS/c9-8-12-3-6(15-8)4-13(1-2-14)5-7(10)11/h3,7,14H,1-2,4-5H2. The SMILES string of the molecule is OCCN(Cc1cnc(Cl)s1)CC(F)F. The normalized spacial score (nSPS) is 11.6. The van der Waals surface area contributed by atoms with Crippen molar-refractivity contribution in [3.63, 3.8) is 0 Å². The molecule has 0 bridgehead atoms. The van der Waals surface area contributed by atoms with E-state index in [2.05, 4.69) is 4.98 Å². The zero-order valence-corrected chi connectivity index (χ0v) is 9.44. The van der Waals surface area contributed by atoms with Crippen LogP contribution in [0.2, 0.25) is 4.47 Å². The highest BCUT2D eigenvalue weighted by atomic mass is 35.5. The van der Waals surface area contributed by atoms with E-state index in [1.165, 1.54) is 16.2 Å². The summed E-state index contributed by atoms with van der Waals surface area (Å²) in [4.78, 5) is 6.10. The van der Waals surface area contributed by atoms with Crippen LogP contribution in [0.4, 0.5) is 8.78 Å². The summed E-state index contributed by atoms with van der Waals surface area (Å²) in [5.41, 5.74) is 0. The van der Waals surface area contributed by atoms with Gasteiger partial charge in [-0.25, -0.2) is 13.8 Å². The fourth-order valence-electron chi connectivity index (χ4n) is 1.15. The Morgan fingerprint density at radius 3 is 2.80 bits per heavy atom. The van der Waals surface area contributed by atoms with Gasteiger partial charge in [0, 0.05) is 24.2 Å². The van der Waals surface area contributed by atoms with Crippen LogP contribution >= 0.6 is 22.9 Å². The van der Waals surface area contributed by atoms with Crippen LogP contribution in [0.15, 0.2) is 6.20 Å². The van der Waals surface area contributed by atoms with E-state index in [-0.39, 0.29) is 19.7 Å². The quantitative estimate of drug-likeness (QED) is 0.844. The lowest BCUT2D eigenvalue weighted by Crippen LogP contribution is -2.30. The number of hydrogen-bond donors (Lipinski definition) is 1. The molecule has 1 aromatic rings. The highest BCUT2D eigenvalue weighted by molar-refractivity contribution is 7.15. The molecule has 15 heavy (non-hydrogen) atoms. The Hall–Kier alpha value is -0.300. The number of aromatic nitrogens is 1. The maximum absolute atomic E-state index is 12.2. The maximum Gasteiger partial charge on any atom is 0.251 e. The van der Waals surface area contributed by atoms with Gasteiger partial charge in [-0.1, -0.05) is 11.6 Å². The number of thiazole rings is 1. The smallest absolute Gasteiger partial charge is 0.251 e. The van der Waals surface area contributed by atoms with E-state index in [1.807, 2.05) is 0 Å². The minimum absolute atomic E-state index is 0.140. The molecule has 7 heteroatoms. The van der Waals surface area contributed by atoms with Gasteiger partial charge in [0.2, 0.25) is 0 Å². The molecule has 0 fully saturated rings. The van der Waals surface area contributed by atoms with Crippen molar-refractivity contribution in [1.29, 1.82) is 0 Å². The predicted octanol–water partition coefficient (Wildman–Crippen LogP) is 1.86. The van der Waals surface area contributed by atoms with E-state index in [0.29, 0.717) is 11.0 Å². The van der Waals surface area contributed by atoms with E-state index in [0.717, 1.165) is 4.88 Å². The van der Waals surface area contributed by atoms with Crippen LogP contribution in [-0.4, -0.2) is 41.1 Å². The number of hydrogen-bond acceptors (Lipinski definition) is 4. The highest BCUT2D eigenvalue weighted by Crippen LogP contribution is 2.19. The second-order valence-electron chi connectivity index (χ2n) is 2.93. The molecule has 0 unspecified atom stereocenters. The summed E-state index contributed by atoms with van der Waals surface area (Å²) in [6, 6.07) is 0. The van der Waals surface area contributed by atoms with Crippen LogP contribution in [0.1, 0.15) is 4.88 Å². The summed E-state index contributed by atoms with van der Waals surface area (Å²) >= 11 is 6.87. The van der Waals surface area contributed by atoms with E-state index in [1.54, 1.807) is 6.20 Å². The number of aliphatic hydroxyl groups excluding tert-OH is 1. The molecule has 0 aliphatic heterocycles. The summed E-state index contributed by atoms with van der Waals surface area (Å²) in [6.07, 6.45) is -0.844. The van der Waals surface area contributed by atoms with Gasteiger partial charge >= 0.3 is 0 Å². The number of halogens is 3. The third kappa shape index (κ3) is 4.83. The molecular formula is C8H11ClF2N2OS. The van der Waals surface area contributed by atoms with Crippen molar-refractivity contribution in [3.05, 3.63) is 15.5 Å². The molecule has 0 amide bonds. The fraction of sp³-hybridized carbons (Fsp3) is 0.625. The van der Waals surface area contributed by atoms with Crippen LogP contribution in [0.3, 0.4) is 0 Å². The van der Waals surface area contributed by atoms with E-state index < -0.39 is 6.43 Å². The lowest BCUT2D eigenvalue weighted by molar-refractivity contribution is 0.0751. The van der Waals surface area contributed by atoms with Crippen LogP contribution < -0.4 is 0 Å². The summed E-state index contributed by atoms with van der Waals surface area (Å²) in [6.45, 7) is 0.0739. The second-order valence-corrected chi connectivity index (χ2v) is 4.63. The van der Waals surface area contributed by atoms with Crippen LogP contribution in [-0.2, 0) is 6.54 Å². The average Bonchev–Trinajstić information content (AvgIpc) is 2.50. The van der Waals surface area contributed by atoms with Crippen LogP contribution in [0.5, 0.6) is 0 Å². The first-order chi connectivity index (χ1) is 7.11. The summed E-state index contributed by atoms with van der Waals surface area (Å²) in [5, 5.41) is 8.71. The number of nitrogens with zero attached hydrogens (tertiary/aromatic N) is 2. The Morgan fingerprint density at radius 1 is 1.60 bits per heavy atom. The Balaban J connectivity index is 2.50. The zero-order valence-electron chi connectivity index (χ0n) is 7.87. The first-order valence-corrected chi connectivity index (χ1v) is 5.53. The molecule has 86 valence electrons. The minimum atomic E-state index is -2.40. The molecule has 0 aliphatic carbocycles. The Morgan fingerprint density at radius 2 is 2.33 bits per heavy atom. The predicted molar refractivity (Wildman–Crippen MR) is 55.5 cm³/mol. The molecule has 0 saturated carbocycles. The molecule has 1 N–H and O–H groups in total. The highest BCUT2D eigenvalue weighted by Gasteiger charge is 2.13. The lowest BCUT2D eigenvalue weighted by Gasteiger charge is -2.19. The van der Waals surface area contributed by atoms with Gasteiger partial charge in [0.05, 0.1) is 13.2 Å². The van der Waals surface area contributed by atoms with Crippen molar-refractivity contribution in [1.82, 2.24) is 9.88 Å². The molecule has 0 aliphatic rings. The molecule has 3 nitrogen and oxygen atoms in total. The lowest BCUT2D eigenvalue weighted by atomic mass is 10.4. The van der Waals surface area contributed by atoms with Gasteiger partial charge in [-0.3, -0.25) is 4.90 Å². The third-order valence-corrected chi connectivity index (χ3v) is 2.82. The Kier molecular flexibility index (Phi) is 5.38. The second kappa shape index (κ2) is 6.32. The minimum Gasteiger partial charge on any atom is -0.395 e. The first-order valence-electron chi connectivity index (χ1n) is 4.33. The van der Waals surface area contributed by atoms with E-state index >= 15 is 0 Å². The van der Waals surface area contributed by atoms with E-state index in [4.69, 9.17) is 16.7 Å². The topological polar surface area (TPSA) is 36.4 Å². The maximum atomic E-state index is 12.2. The summed E-state index contributed by atoms with van der Waals surface area (Å²) in [7, 11) is 0. The van der Waals surface area contributed by atoms with E-state index in [9.17, 15) is 8.78 Å². The zero-order chi connectivity index (χ0) is 11.3. The average molecular weight is 257 g/mol. The molecule has 1 rings (SSSR count). The van der Waals surface area contributed by atoms with Crippen LogP contribution in [0.25, 0.3) is 0 Å².